The molecule has 0 bridgehead atoms. The summed E-state index contributed by atoms with van der Waals surface area (Å²) >= 11 is 0. The molecule has 5 heteroatoms. The molecule has 1 aromatic rings. The average Bonchev–Trinajstić information content (AvgIpc) is 2.85. The van der Waals surface area contributed by atoms with Gasteiger partial charge in [0.05, 0.1) is 5.60 Å². The molecule has 4 atom stereocenters. The zero-order chi connectivity index (χ0) is 17.9. The molecule has 0 heterocycles. The van der Waals surface area contributed by atoms with Crippen LogP contribution in [-0.4, -0.2) is 35.2 Å². The Kier molecular flexibility index (Phi) is 5.35. The van der Waals surface area contributed by atoms with Crippen LogP contribution in [0.2, 0.25) is 0 Å². The zero-order valence-corrected chi connectivity index (χ0v) is 15.0. The van der Waals surface area contributed by atoms with Gasteiger partial charge >= 0.3 is 0 Å². The van der Waals surface area contributed by atoms with Crippen LogP contribution < -0.4 is 5.73 Å². The molecule has 1 aromatic carbocycles. The van der Waals surface area contributed by atoms with Crippen molar-refractivity contribution in [3.8, 4) is 5.75 Å². The van der Waals surface area contributed by atoms with Crippen LogP contribution in [0.4, 0.5) is 0 Å². The molecule has 0 saturated heterocycles. The molecule has 3 rings (SSSR count). The summed E-state index contributed by atoms with van der Waals surface area (Å²) in [6.45, 7) is 3.09. The van der Waals surface area contributed by atoms with Gasteiger partial charge in [0, 0.05) is 24.1 Å². The fourth-order valence-electron chi connectivity index (χ4n) is 4.78. The van der Waals surface area contributed by atoms with Crippen molar-refractivity contribution in [2.45, 2.75) is 51.0 Å². The van der Waals surface area contributed by atoms with Gasteiger partial charge in [0.25, 0.3) is 0 Å². The van der Waals surface area contributed by atoms with Crippen LogP contribution in [0.15, 0.2) is 29.4 Å². The van der Waals surface area contributed by atoms with Crippen molar-refractivity contribution in [3.05, 3.63) is 29.8 Å². The zero-order valence-electron chi connectivity index (χ0n) is 15.0. The van der Waals surface area contributed by atoms with Gasteiger partial charge < -0.3 is 20.8 Å². The molecule has 4 N–H and O–H groups in total. The summed E-state index contributed by atoms with van der Waals surface area (Å²) in [5, 5.41) is 24.9. The number of nitrogens with zero attached hydrogens (tertiary/aromatic N) is 1. The van der Waals surface area contributed by atoms with E-state index in [1.807, 2.05) is 18.3 Å². The maximum absolute atomic E-state index is 11.4. The van der Waals surface area contributed by atoms with E-state index >= 15 is 0 Å². The number of fused-ring (bicyclic) bond motifs is 1. The number of hydrogen-bond acceptors (Lipinski definition) is 5. The maximum atomic E-state index is 11.4. The maximum Gasteiger partial charge on any atom is 0.129 e. The SMILES string of the molecule is C[C@]12CC[C@H](Cc3ccc(O)cc3)C[C@@]1(O)CC[C@@H]2/C=N/OCCN. The van der Waals surface area contributed by atoms with Crippen molar-refractivity contribution >= 4 is 6.21 Å². The van der Waals surface area contributed by atoms with Gasteiger partial charge in [0.15, 0.2) is 0 Å². The molecule has 0 amide bonds. The number of aromatic hydroxyl groups is 1. The van der Waals surface area contributed by atoms with Crippen molar-refractivity contribution in [2.75, 3.05) is 13.2 Å². The van der Waals surface area contributed by atoms with E-state index in [2.05, 4.69) is 12.1 Å². The summed E-state index contributed by atoms with van der Waals surface area (Å²) in [6.07, 6.45) is 7.55. The minimum atomic E-state index is -0.628. The van der Waals surface area contributed by atoms with E-state index in [0.29, 0.717) is 24.8 Å². The third-order valence-corrected chi connectivity index (χ3v) is 6.43. The lowest BCUT2D eigenvalue weighted by atomic mass is 9.59. The van der Waals surface area contributed by atoms with Gasteiger partial charge in [-0.25, -0.2) is 0 Å². The number of rotatable bonds is 6. The van der Waals surface area contributed by atoms with E-state index in [1.54, 1.807) is 12.1 Å². The Bertz CT molecular complexity index is 603. The average molecular weight is 346 g/mol. The number of phenols is 1. The summed E-state index contributed by atoms with van der Waals surface area (Å²) < 4.78 is 0. The molecule has 2 aliphatic rings. The second-order valence-electron chi connectivity index (χ2n) is 7.95. The number of aliphatic hydroxyl groups is 1. The van der Waals surface area contributed by atoms with E-state index in [1.165, 1.54) is 5.56 Å². The van der Waals surface area contributed by atoms with Crippen molar-refractivity contribution < 1.29 is 15.1 Å². The second kappa shape index (κ2) is 7.34. The molecular formula is C20H30N2O3. The summed E-state index contributed by atoms with van der Waals surface area (Å²) in [4.78, 5) is 5.15. The topological polar surface area (TPSA) is 88.1 Å². The standard InChI is InChI=1S/C20H30N2O3/c1-19-8-6-16(12-15-2-4-18(23)5-3-15)13-20(19,24)9-7-17(19)14-22-25-11-10-21/h2-5,14,16-17,23-24H,6-13,21H2,1H3/b22-14+/t16-,17-,19-,20+/m1/s1. The molecule has 0 aliphatic heterocycles. The van der Waals surface area contributed by atoms with Crippen molar-refractivity contribution in [1.82, 2.24) is 0 Å². The lowest BCUT2D eigenvalue weighted by Crippen LogP contribution is -2.50. The van der Waals surface area contributed by atoms with E-state index in [9.17, 15) is 10.2 Å². The predicted molar refractivity (Wildman–Crippen MR) is 98.4 cm³/mol. The lowest BCUT2D eigenvalue weighted by molar-refractivity contribution is -0.106. The first-order valence-corrected chi connectivity index (χ1v) is 9.33. The van der Waals surface area contributed by atoms with Crippen LogP contribution in [-0.2, 0) is 11.3 Å². The Labute approximate surface area is 149 Å². The number of phenolic OH excluding ortho intramolecular Hbond substituents is 1. The molecule has 0 unspecified atom stereocenters. The Hall–Kier alpha value is -1.59. The summed E-state index contributed by atoms with van der Waals surface area (Å²) in [5.74, 6) is 1.03. The summed E-state index contributed by atoms with van der Waals surface area (Å²) in [7, 11) is 0. The van der Waals surface area contributed by atoms with Crippen LogP contribution >= 0.6 is 0 Å². The van der Waals surface area contributed by atoms with E-state index in [0.717, 1.165) is 38.5 Å². The van der Waals surface area contributed by atoms with Crippen LogP contribution in [0, 0.1) is 17.3 Å². The predicted octanol–water partition coefficient (Wildman–Crippen LogP) is 2.84. The Balaban J connectivity index is 1.64. The Morgan fingerprint density at radius 3 is 2.76 bits per heavy atom. The minimum Gasteiger partial charge on any atom is -0.508 e. The van der Waals surface area contributed by atoms with Gasteiger partial charge in [-0.15, -0.1) is 0 Å². The van der Waals surface area contributed by atoms with Gasteiger partial charge in [-0.1, -0.05) is 24.2 Å². The number of nitrogens with two attached hydrogens (primary N) is 1. The highest BCUT2D eigenvalue weighted by Crippen LogP contribution is 2.58. The molecule has 2 aliphatic carbocycles. The van der Waals surface area contributed by atoms with Crippen LogP contribution in [0.25, 0.3) is 0 Å². The van der Waals surface area contributed by atoms with Gasteiger partial charge in [0.2, 0.25) is 0 Å². The molecule has 2 fully saturated rings. The molecule has 0 radical (unpaired) electrons. The molecule has 0 aromatic heterocycles. The highest BCUT2D eigenvalue weighted by atomic mass is 16.6. The van der Waals surface area contributed by atoms with Crippen molar-refractivity contribution in [2.24, 2.45) is 28.1 Å². The Morgan fingerprint density at radius 2 is 2.04 bits per heavy atom. The highest BCUT2D eigenvalue weighted by Gasteiger charge is 2.58. The van der Waals surface area contributed by atoms with Gasteiger partial charge in [-0.05, 0) is 62.1 Å². The summed E-state index contributed by atoms with van der Waals surface area (Å²) in [5.41, 5.74) is 5.87. The molecule has 138 valence electrons. The smallest absolute Gasteiger partial charge is 0.129 e. The molecule has 25 heavy (non-hydrogen) atoms. The number of oxime groups is 1. The van der Waals surface area contributed by atoms with Gasteiger partial charge in [0.1, 0.15) is 12.4 Å². The van der Waals surface area contributed by atoms with E-state index in [-0.39, 0.29) is 11.3 Å². The van der Waals surface area contributed by atoms with Crippen molar-refractivity contribution in [1.29, 1.82) is 0 Å². The largest absolute Gasteiger partial charge is 0.508 e. The highest BCUT2D eigenvalue weighted by molar-refractivity contribution is 5.62. The van der Waals surface area contributed by atoms with Crippen LogP contribution in [0.3, 0.4) is 0 Å². The van der Waals surface area contributed by atoms with Crippen molar-refractivity contribution in [3.63, 3.8) is 0 Å². The second-order valence-corrected chi connectivity index (χ2v) is 7.95. The lowest BCUT2D eigenvalue weighted by Gasteiger charge is -2.48. The first-order chi connectivity index (χ1) is 12.0. The molecular weight excluding hydrogens is 316 g/mol. The first-order valence-electron chi connectivity index (χ1n) is 9.33. The normalized spacial score (nSPS) is 35.0. The third kappa shape index (κ3) is 3.67. The number of benzene rings is 1. The quantitative estimate of drug-likeness (QED) is 0.420. The van der Waals surface area contributed by atoms with Crippen LogP contribution in [0.1, 0.15) is 44.6 Å². The monoisotopic (exact) mass is 346 g/mol. The van der Waals surface area contributed by atoms with E-state index < -0.39 is 5.60 Å². The van der Waals surface area contributed by atoms with Gasteiger partial charge in [-0.3, -0.25) is 0 Å². The van der Waals surface area contributed by atoms with Crippen LogP contribution in [0.5, 0.6) is 5.75 Å². The van der Waals surface area contributed by atoms with Gasteiger partial charge in [-0.2, -0.15) is 0 Å². The Morgan fingerprint density at radius 1 is 1.28 bits per heavy atom. The van der Waals surface area contributed by atoms with E-state index in [4.69, 9.17) is 10.6 Å². The fraction of sp³-hybridized carbons (Fsp3) is 0.650. The molecule has 5 nitrogen and oxygen atoms in total. The molecule has 0 spiro atoms. The summed E-state index contributed by atoms with van der Waals surface area (Å²) in [6, 6.07) is 7.43. The molecule has 2 saturated carbocycles. The first kappa shape index (κ1) is 18.2. The third-order valence-electron chi connectivity index (χ3n) is 6.43. The fourth-order valence-corrected chi connectivity index (χ4v) is 4.78. The number of hydrogen-bond donors (Lipinski definition) is 3. The minimum absolute atomic E-state index is 0.131.